The second kappa shape index (κ2) is 1.56. The minimum atomic E-state index is 0.569. The Morgan fingerprint density at radius 3 is 3.14 bits per heavy atom. The average Bonchev–Trinajstić information content (AvgIpc) is 2.14. The van der Waals surface area contributed by atoms with E-state index in [1.54, 1.807) is 7.05 Å². The number of nitrogens with one attached hydrogen (secondary N) is 1. The van der Waals surface area contributed by atoms with E-state index >= 15 is 0 Å². The molecular formula is C3H2BN3. The second-order valence-corrected chi connectivity index (χ2v) is 1.10. The Morgan fingerprint density at radius 2 is 2.86 bits per heavy atom. The van der Waals surface area contributed by atoms with Gasteiger partial charge in [-0.25, -0.2) is 0 Å². The Kier molecular flexibility index (Phi) is 0.907. The normalized spacial score (nSPS) is 7.29. The van der Waals surface area contributed by atoms with Crippen molar-refractivity contribution in [3.05, 3.63) is 11.7 Å². The molecule has 0 aromatic carbocycles. The molecule has 0 saturated carbocycles. The van der Waals surface area contributed by atoms with E-state index in [1.807, 2.05) is 6.07 Å². The van der Waals surface area contributed by atoms with Crippen LogP contribution in [0.5, 0.6) is 0 Å². The molecular weight excluding hydrogens is 88.9 g/mol. The molecule has 0 fully saturated rings. The molecule has 1 aromatic rings. The molecule has 0 amide bonds. The predicted molar refractivity (Wildman–Crippen MR) is 24.6 cm³/mol. The molecule has 4 heteroatoms. The number of nitriles is 1. The van der Waals surface area contributed by atoms with Crippen LogP contribution in [0.3, 0.4) is 0 Å². The molecule has 1 aromatic heterocycles. The number of H-pyrrole nitrogens is 1. The van der Waals surface area contributed by atoms with Crippen molar-refractivity contribution < 1.29 is 0 Å². The average molecular weight is 90.9 g/mol. The van der Waals surface area contributed by atoms with E-state index in [1.165, 1.54) is 6.20 Å². The summed E-state index contributed by atoms with van der Waals surface area (Å²) < 4.78 is 0. The van der Waals surface area contributed by atoms with E-state index in [4.69, 9.17) is 5.26 Å². The van der Waals surface area contributed by atoms with Gasteiger partial charge in [0.05, 0.1) is 0 Å². The van der Waals surface area contributed by atoms with Gasteiger partial charge in [0.25, 0.3) is 0 Å². The van der Waals surface area contributed by atoms with E-state index in [0.29, 0.717) is 5.46 Å². The zero-order chi connectivity index (χ0) is 5.11. The van der Waals surface area contributed by atoms with Gasteiger partial charge in [0, 0.05) is 0 Å². The maximum absolute atomic E-state index is 8.12. The van der Waals surface area contributed by atoms with Gasteiger partial charge in [0.2, 0.25) is 0 Å². The first kappa shape index (κ1) is 4.06. The topological polar surface area (TPSA) is 52.5 Å². The third-order valence-corrected chi connectivity index (χ3v) is 0.627. The molecule has 0 aliphatic heterocycles. The third-order valence-electron chi connectivity index (χ3n) is 0.627. The summed E-state index contributed by atoms with van der Waals surface area (Å²) >= 11 is 0. The van der Waals surface area contributed by atoms with E-state index in [9.17, 15) is 0 Å². The summed E-state index contributed by atoms with van der Waals surface area (Å²) in [5, 5.41) is 14.2. The van der Waals surface area contributed by atoms with Crippen molar-refractivity contribution in [2.45, 2.75) is 0 Å². The monoisotopic (exact) mass is 91.0 g/mol. The Morgan fingerprint density at radius 1 is 2.00 bits per heavy atom. The van der Waals surface area contributed by atoms with Gasteiger partial charge in [-0.3, -0.25) is 0 Å². The van der Waals surface area contributed by atoms with Crippen molar-refractivity contribution >= 4 is 7.05 Å². The second-order valence-electron chi connectivity index (χ2n) is 1.10. The zero-order valence-corrected chi connectivity index (χ0v) is 3.55. The summed E-state index contributed by atoms with van der Waals surface area (Å²) in [6.07, 6.45) is 1.47. The van der Waals surface area contributed by atoms with Gasteiger partial charge in [-0.15, -0.1) is 0 Å². The molecule has 1 rings (SSSR count). The van der Waals surface area contributed by atoms with Gasteiger partial charge in [-0.1, -0.05) is 0 Å². The van der Waals surface area contributed by atoms with Crippen LogP contribution < -0.4 is 0 Å². The van der Waals surface area contributed by atoms with Crippen LogP contribution >= 0.6 is 0 Å². The zero-order valence-electron chi connectivity index (χ0n) is 3.55. The fourth-order valence-electron chi connectivity index (χ4n) is 0.312. The van der Waals surface area contributed by atoms with Crippen LogP contribution in [-0.4, -0.2) is 17.2 Å². The van der Waals surface area contributed by atoms with E-state index in [2.05, 4.69) is 10.1 Å². The summed E-state index contributed by atoms with van der Waals surface area (Å²) in [4.78, 5) is 0. The van der Waals surface area contributed by atoms with Crippen molar-refractivity contribution in [2.75, 3.05) is 0 Å². The Labute approximate surface area is 41.2 Å². The van der Waals surface area contributed by atoms with Gasteiger partial charge < -0.3 is 0 Å². The number of aromatic amines is 1. The third kappa shape index (κ3) is 0.658. The van der Waals surface area contributed by atoms with E-state index < -0.39 is 0 Å². The van der Waals surface area contributed by atoms with Crippen molar-refractivity contribution in [2.24, 2.45) is 0 Å². The van der Waals surface area contributed by atoms with Crippen LogP contribution in [0.15, 0.2) is 6.20 Å². The van der Waals surface area contributed by atoms with Crippen LogP contribution in [0.25, 0.3) is 0 Å². The van der Waals surface area contributed by atoms with E-state index in [-0.39, 0.29) is 0 Å². The van der Waals surface area contributed by atoms with Gasteiger partial charge in [0.15, 0.2) is 0 Å². The Balaban J connectivity index is 3.04. The summed E-state index contributed by atoms with van der Waals surface area (Å²) in [6.45, 7) is 0. The van der Waals surface area contributed by atoms with Crippen molar-refractivity contribution in [1.82, 2.24) is 10.1 Å². The molecule has 0 bridgehead atoms. The molecule has 32 valence electrons. The molecule has 0 unspecified atom stereocenters. The number of hydrogen-bond donors (Lipinski definition) is 1. The van der Waals surface area contributed by atoms with Crippen LogP contribution in [0.2, 0.25) is 0 Å². The first-order chi connectivity index (χ1) is 3.43. The van der Waals surface area contributed by atoms with Crippen molar-refractivity contribution in [3.63, 3.8) is 0 Å². The molecule has 0 aliphatic carbocycles. The Hall–Kier alpha value is -1.11. The molecule has 1 N–H and O–H groups in total. The van der Waals surface area contributed by atoms with Gasteiger partial charge >= 0.3 is 40.1 Å². The number of hydrogen-bond acceptors (Lipinski definition) is 2. The van der Waals surface area contributed by atoms with Gasteiger partial charge in [-0.2, -0.15) is 0 Å². The van der Waals surface area contributed by atoms with Crippen LogP contribution in [0.1, 0.15) is 5.46 Å². The molecule has 7 heavy (non-hydrogen) atoms. The SMILES string of the molecule is N#Cc1b[nH]nc1. The number of nitrogens with zero attached hydrogens (tertiary/aromatic N) is 2. The molecule has 3 nitrogen and oxygen atoms in total. The Bertz CT molecular complexity index is 173. The standard InChI is InChI=1S/C3H2BN3/c5-1-3-2-6-7-4-3/h2,7H. The number of rotatable bonds is 0. The molecule has 0 spiro atoms. The maximum atomic E-state index is 8.12. The summed E-state index contributed by atoms with van der Waals surface area (Å²) in [5.41, 5.74) is 0.569. The molecule has 0 radical (unpaired) electrons. The van der Waals surface area contributed by atoms with Crippen LogP contribution in [0.4, 0.5) is 0 Å². The van der Waals surface area contributed by atoms with Crippen LogP contribution in [-0.2, 0) is 0 Å². The fourth-order valence-corrected chi connectivity index (χ4v) is 0.312. The molecule has 0 saturated heterocycles. The quantitative estimate of drug-likeness (QED) is 0.473. The van der Waals surface area contributed by atoms with Gasteiger partial charge in [-0.05, 0) is 0 Å². The van der Waals surface area contributed by atoms with Crippen molar-refractivity contribution in [3.8, 4) is 6.07 Å². The summed E-state index contributed by atoms with van der Waals surface area (Å²) in [6, 6.07) is 1.91. The van der Waals surface area contributed by atoms with Crippen molar-refractivity contribution in [1.29, 1.82) is 5.26 Å². The molecule has 0 aliphatic rings. The predicted octanol–water partition coefficient (Wildman–Crippen LogP) is -0.381. The first-order valence-electron chi connectivity index (χ1n) is 1.82. The van der Waals surface area contributed by atoms with Crippen LogP contribution in [0, 0.1) is 11.3 Å². The van der Waals surface area contributed by atoms with E-state index in [0.717, 1.165) is 0 Å². The first-order valence-corrected chi connectivity index (χ1v) is 1.82. The molecule has 0 atom stereocenters. The summed E-state index contributed by atoms with van der Waals surface area (Å²) in [5.74, 6) is 0. The molecule has 1 heterocycles. The number of aromatic nitrogens is 2. The summed E-state index contributed by atoms with van der Waals surface area (Å²) in [7, 11) is 1.54. The van der Waals surface area contributed by atoms with Gasteiger partial charge in [0.1, 0.15) is 0 Å². The fraction of sp³-hybridized carbons (Fsp3) is 0. The minimum absolute atomic E-state index is 0.569.